The van der Waals surface area contributed by atoms with Gasteiger partial charge >= 0.3 is 0 Å². The van der Waals surface area contributed by atoms with Gasteiger partial charge in [0.25, 0.3) is 10.0 Å². The van der Waals surface area contributed by atoms with Crippen LogP contribution in [0.1, 0.15) is 43.0 Å². The molecule has 0 heterocycles. The molecule has 0 aliphatic carbocycles. The number of carbonyl (C=O) groups excluding carboxylic acids is 2. The molecule has 40 heavy (non-hydrogen) atoms. The van der Waals surface area contributed by atoms with Gasteiger partial charge in [0.2, 0.25) is 11.8 Å². The quantitative estimate of drug-likeness (QED) is 0.335. The summed E-state index contributed by atoms with van der Waals surface area (Å²) in [6.07, 6.45) is 0.530. The number of nitrogens with one attached hydrogen (secondary N) is 1. The maximum atomic E-state index is 14.0. The molecule has 3 aromatic rings. The van der Waals surface area contributed by atoms with Crippen molar-refractivity contribution in [2.24, 2.45) is 5.92 Å². The Kier molecular flexibility index (Phi) is 10.5. The fraction of sp³-hybridized carbons (Fsp3) is 0.375. The molecule has 0 bridgehead atoms. The lowest BCUT2D eigenvalue weighted by atomic mass is 10.1. The molecule has 0 fully saturated rings. The minimum Gasteiger partial charge on any atom is -0.354 e. The van der Waals surface area contributed by atoms with Crippen LogP contribution in [0.25, 0.3) is 0 Å². The smallest absolute Gasteiger partial charge is 0.264 e. The van der Waals surface area contributed by atoms with Crippen LogP contribution in [0.3, 0.4) is 0 Å². The van der Waals surface area contributed by atoms with Crippen LogP contribution >= 0.6 is 0 Å². The number of sulfonamides is 1. The molecule has 2 amide bonds. The van der Waals surface area contributed by atoms with Crippen LogP contribution in [0.5, 0.6) is 0 Å². The number of carbonyl (C=O) groups is 2. The van der Waals surface area contributed by atoms with E-state index in [2.05, 4.69) is 5.32 Å². The molecule has 0 unspecified atom stereocenters. The molecule has 0 saturated carbocycles. The Labute approximate surface area is 239 Å². The van der Waals surface area contributed by atoms with Gasteiger partial charge in [-0.25, -0.2) is 8.42 Å². The minimum absolute atomic E-state index is 0.101. The highest BCUT2D eigenvalue weighted by Gasteiger charge is 2.33. The number of benzene rings is 3. The molecule has 3 rings (SSSR count). The summed E-state index contributed by atoms with van der Waals surface area (Å²) < 4.78 is 29.1. The van der Waals surface area contributed by atoms with E-state index in [0.29, 0.717) is 18.7 Å². The molecule has 0 spiro atoms. The summed E-state index contributed by atoms with van der Waals surface area (Å²) in [5.41, 5.74) is 4.11. The number of nitrogens with zero attached hydrogens (tertiary/aromatic N) is 2. The standard InChI is InChI=1S/C32H41N3O4S/c1-23(2)21-33-32(37)27(6)34(19-18-28-10-8-7-9-11-28)31(36)22-35(30-17-14-25(4)20-26(30)5)40(38,39)29-15-12-24(3)13-16-29/h7-17,20,23,27H,18-19,21-22H2,1-6H3,(H,33,37)/t27-/m1/s1. The zero-order valence-corrected chi connectivity index (χ0v) is 25.2. The highest BCUT2D eigenvalue weighted by atomic mass is 32.2. The first-order chi connectivity index (χ1) is 18.9. The molecule has 1 N–H and O–H groups in total. The fourth-order valence-corrected chi connectivity index (χ4v) is 5.94. The van der Waals surface area contributed by atoms with E-state index in [4.69, 9.17) is 0 Å². The highest BCUT2D eigenvalue weighted by molar-refractivity contribution is 7.92. The molecule has 0 aromatic heterocycles. The number of anilines is 1. The number of hydrogen-bond donors (Lipinski definition) is 1. The van der Waals surface area contributed by atoms with E-state index in [9.17, 15) is 18.0 Å². The molecular formula is C32H41N3O4S. The topological polar surface area (TPSA) is 86.8 Å². The van der Waals surface area contributed by atoms with E-state index in [0.717, 1.165) is 22.3 Å². The molecular weight excluding hydrogens is 522 g/mol. The number of amides is 2. The van der Waals surface area contributed by atoms with E-state index in [-0.39, 0.29) is 23.3 Å². The SMILES string of the molecule is Cc1ccc(S(=O)(=O)N(CC(=O)N(CCc2ccccc2)[C@H](C)C(=O)NCC(C)C)c2ccc(C)cc2C)cc1. The van der Waals surface area contributed by atoms with Crippen LogP contribution in [0, 0.1) is 26.7 Å². The molecule has 1 atom stereocenters. The van der Waals surface area contributed by atoms with Crippen molar-refractivity contribution in [3.8, 4) is 0 Å². The summed E-state index contributed by atoms with van der Waals surface area (Å²) in [6, 6.07) is 21.0. The maximum Gasteiger partial charge on any atom is 0.264 e. The van der Waals surface area contributed by atoms with Crippen molar-refractivity contribution in [3.63, 3.8) is 0 Å². The first-order valence-electron chi connectivity index (χ1n) is 13.7. The second kappa shape index (κ2) is 13.6. The molecule has 7 nitrogen and oxygen atoms in total. The molecule has 0 saturated heterocycles. The van der Waals surface area contributed by atoms with Crippen LogP contribution in [0.2, 0.25) is 0 Å². The van der Waals surface area contributed by atoms with Gasteiger partial charge in [0, 0.05) is 13.1 Å². The van der Waals surface area contributed by atoms with E-state index in [1.807, 2.05) is 77.1 Å². The summed E-state index contributed by atoms with van der Waals surface area (Å²) >= 11 is 0. The van der Waals surface area contributed by atoms with Crippen LogP contribution in [0.15, 0.2) is 77.7 Å². The van der Waals surface area contributed by atoms with Crippen LogP contribution < -0.4 is 9.62 Å². The van der Waals surface area contributed by atoms with Crippen molar-refractivity contribution in [2.75, 3.05) is 23.9 Å². The molecule has 0 aliphatic heterocycles. The van der Waals surface area contributed by atoms with Gasteiger partial charge < -0.3 is 10.2 Å². The Balaban J connectivity index is 1.99. The number of rotatable bonds is 12. The number of aryl methyl sites for hydroxylation is 3. The van der Waals surface area contributed by atoms with E-state index < -0.39 is 28.5 Å². The predicted molar refractivity (Wildman–Crippen MR) is 161 cm³/mol. The molecule has 214 valence electrons. The van der Waals surface area contributed by atoms with Crippen LogP contribution in [0.4, 0.5) is 5.69 Å². The van der Waals surface area contributed by atoms with Gasteiger partial charge in [-0.15, -0.1) is 0 Å². The van der Waals surface area contributed by atoms with E-state index >= 15 is 0 Å². The second-order valence-corrected chi connectivity index (χ2v) is 12.6. The zero-order valence-electron chi connectivity index (χ0n) is 24.3. The molecule has 0 radical (unpaired) electrons. The lowest BCUT2D eigenvalue weighted by Gasteiger charge is -2.32. The van der Waals surface area contributed by atoms with Gasteiger partial charge in [-0.2, -0.15) is 0 Å². The van der Waals surface area contributed by atoms with Crippen molar-refractivity contribution < 1.29 is 18.0 Å². The van der Waals surface area contributed by atoms with Crippen LogP contribution in [-0.2, 0) is 26.0 Å². The Bertz CT molecular complexity index is 1400. The van der Waals surface area contributed by atoms with Crippen molar-refractivity contribution in [2.45, 2.75) is 58.9 Å². The fourth-order valence-electron chi connectivity index (χ4n) is 4.46. The Morgan fingerprint density at radius 1 is 0.850 bits per heavy atom. The van der Waals surface area contributed by atoms with Crippen molar-refractivity contribution in [3.05, 3.63) is 95.1 Å². The third-order valence-electron chi connectivity index (χ3n) is 6.84. The normalized spacial score (nSPS) is 12.2. The summed E-state index contributed by atoms with van der Waals surface area (Å²) in [7, 11) is -4.08. The molecule has 8 heteroatoms. The summed E-state index contributed by atoms with van der Waals surface area (Å²) in [5, 5.41) is 2.91. The predicted octanol–water partition coefficient (Wildman–Crippen LogP) is 5.04. The summed E-state index contributed by atoms with van der Waals surface area (Å²) in [4.78, 5) is 28.6. The maximum absolute atomic E-state index is 14.0. The summed E-state index contributed by atoms with van der Waals surface area (Å²) in [5.74, 6) is -0.461. The highest BCUT2D eigenvalue weighted by Crippen LogP contribution is 2.28. The van der Waals surface area contributed by atoms with Gasteiger partial charge in [-0.3, -0.25) is 13.9 Å². The van der Waals surface area contributed by atoms with Crippen molar-refractivity contribution >= 4 is 27.5 Å². The Morgan fingerprint density at radius 2 is 1.48 bits per heavy atom. The van der Waals surface area contributed by atoms with Gasteiger partial charge in [0.15, 0.2) is 0 Å². The van der Waals surface area contributed by atoms with Crippen molar-refractivity contribution in [1.82, 2.24) is 10.2 Å². The lowest BCUT2D eigenvalue weighted by molar-refractivity contribution is -0.138. The zero-order chi connectivity index (χ0) is 29.4. The van der Waals surface area contributed by atoms with Crippen LogP contribution in [-0.4, -0.2) is 50.8 Å². The second-order valence-electron chi connectivity index (χ2n) is 10.8. The minimum atomic E-state index is -4.08. The Hall–Kier alpha value is -3.65. The van der Waals surface area contributed by atoms with Gasteiger partial charge in [-0.1, -0.05) is 79.6 Å². The van der Waals surface area contributed by atoms with Crippen molar-refractivity contribution in [1.29, 1.82) is 0 Å². The Morgan fingerprint density at radius 3 is 2.08 bits per heavy atom. The largest absolute Gasteiger partial charge is 0.354 e. The van der Waals surface area contributed by atoms with Gasteiger partial charge in [0.05, 0.1) is 10.6 Å². The number of hydrogen-bond acceptors (Lipinski definition) is 4. The van der Waals surface area contributed by atoms with E-state index in [1.54, 1.807) is 37.3 Å². The third-order valence-corrected chi connectivity index (χ3v) is 8.62. The molecule has 3 aromatic carbocycles. The van der Waals surface area contributed by atoms with E-state index in [1.165, 1.54) is 9.21 Å². The monoisotopic (exact) mass is 563 g/mol. The van der Waals surface area contributed by atoms with Gasteiger partial charge in [-0.05, 0) is 69.4 Å². The lowest BCUT2D eigenvalue weighted by Crippen LogP contribution is -2.52. The average molecular weight is 564 g/mol. The molecule has 0 aliphatic rings. The first-order valence-corrected chi connectivity index (χ1v) is 15.1. The summed E-state index contributed by atoms with van der Waals surface area (Å²) in [6.45, 7) is 11.7. The first kappa shape index (κ1) is 30.9. The average Bonchev–Trinajstić information content (AvgIpc) is 2.91. The third kappa shape index (κ3) is 7.94. The van der Waals surface area contributed by atoms with Gasteiger partial charge in [0.1, 0.15) is 12.6 Å².